The zero-order valence-corrected chi connectivity index (χ0v) is 11.9. The van der Waals surface area contributed by atoms with E-state index in [1.54, 1.807) is 13.8 Å². The number of ether oxygens (including phenoxy) is 1. The maximum absolute atomic E-state index is 12.2. The van der Waals surface area contributed by atoms with Crippen LogP contribution in [0.5, 0.6) is 0 Å². The largest absolute Gasteiger partial charge is 0.480 e. The average molecular weight is 292 g/mol. The van der Waals surface area contributed by atoms with E-state index in [0.717, 1.165) is 12.8 Å². The summed E-state index contributed by atoms with van der Waals surface area (Å²) in [6.45, 7) is 4.09. The third-order valence-electron chi connectivity index (χ3n) is 3.36. The van der Waals surface area contributed by atoms with Gasteiger partial charge >= 0.3 is 5.97 Å². The van der Waals surface area contributed by atoms with Crippen LogP contribution >= 0.6 is 0 Å². The fourth-order valence-corrected chi connectivity index (χ4v) is 3.92. The quantitative estimate of drug-likeness (QED) is 0.731. The van der Waals surface area contributed by atoms with Gasteiger partial charge in [-0.25, -0.2) is 0 Å². The molecule has 2 aliphatic rings. The molecule has 19 heavy (non-hydrogen) atoms. The molecule has 1 saturated heterocycles. The van der Waals surface area contributed by atoms with Crippen molar-refractivity contribution >= 4 is 16.2 Å². The average Bonchev–Trinajstić information content (AvgIpc) is 3.08. The van der Waals surface area contributed by atoms with Crippen LogP contribution in [0.25, 0.3) is 0 Å². The summed E-state index contributed by atoms with van der Waals surface area (Å²) in [4.78, 5) is 11.1. The van der Waals surface area contributed by atoms with Gasteiger partial charge in [-0.15, -0.1) is 0 Å². The highest BCUT2D eigenvalue weighted by atomic mass is 32.2. The number of rotatable bonds is 5. The molecule has 7 nitrogen and oxygen atoms in total. The van der Waals surface area contributed by atoms with E-state index >= 15 is 0 Å². The Balaban J connectivity index is 2.06. The molecule has 0 radical (unpaired) electrons. The predicted octanol–water partition coefficient (Wildman–Crippen LogP) is -0.207. The molecule has 1 aliphatic carbocycles. The van der Waals surface area contributed by atoms with Gasteiger partial charge in [0, 0.05) is 13.1 Å². The molecule has 1 aliphatic heterocycles. The first-order chi connectivity index (χ1) is 8.79. The van der Waals surface area contributed by atoms with Crippen molar-refractivity contribution in [2.75, 3.05) is 13.1 Å². The van der Waals surface area contributed by atoms with Gasteiger partial charge in [0.25, 0.3) is 10.2 Å². The van der Waals surface area contributed by atoms with Crippen LogP contribution in [-0.2, 0) is 19.7 Å². The first-order valence-electron chi connectivity index (χ1n) is 6.45. The van der Waals surface area contributed by atoms with Crippen LogP contribution in [0, 0.1) is 5.92 Å². The molecule has 0 aromatic carbocycles. The lowest BCUT2D eigenvalue weighted by atomic mass is 10.2. The van der Waals surface area contributed by atoms with Gasteiger partial charge in [-0.1, -0.05) is 0 Å². The van der Waals surface area contributed by atoms with Crippen molar-refractivity contribution in [1.29, 1.82) is 0 Å². The van der Waals surface area contributed by atoms with Gasteiger partial charge in [0.1, 0.15) is 6.04 Å². The van der Waals surface area contributed by atoms with E-state index < -0.39 is 22.2 Å². The molecular weight excluding hydrogens is 272 g/mol. The number of aliphatic carboxylic acids is 1. The summed E-state index contributed by atoms with van der Waals surface area (Å²) in [5.41, 5.74) is 0. The Morgan fingerprint density at radius 3 is 2.26 bits per heavy atom. The Labute approximate surface area is 113 Å². The van der Waals surface area contributed by atoms with Gasteiger partial charge in [-0.2, -0.15) is 17.4 Å². The number of carboxylic acid groups (broad SMARTS) is 1. The number of carbonyl (C=O) groups is 1. The maximum atomic E-state index is 12.2. The molecule has 110 valence electrons. The van der Waals surface area contributed by atoms with Crippen LogP contribution < -0.4 is 4.72 Å². The molecule has 0 spiro atoms. The van der Waals surface area contributed by atoms with Crippen molar-refractivity contribution in [2.24, 2.45) is 5.92 Å². The van der Waals surface area contributed by atoms with E-state index in [0.29, 0.717) is 0 Å². The van der Waals surface area contributed by atoms with Crippen LogP contribution in [-0.4, -0.2) is 55.1 Å². The highest BCUT2D eigenvalue weighted by Gasteiger charge is 2.41. The SMILES string of the molecule is CC1CN(S(=O)(=O)NC(C(=O)O)C2CC2)CC(C)O1. The summed E-state index contributed by atoms with van der Waals surface area (Å²) in [5.74, 6) is -1.19. The summed E-state index contributed by atoms with van der Waals surface area (Å²) < 4.78 is 33.5. The highest BCUT2D eigenvalue weighted by Crippen LogP contribution is 2.33. The van der Waals surface area contributed by atoms with Crippen molar-refractivity contribution in [2.45, 2.75) is 44.9 Å². The van der Waals surface area contributed by atoms with E-state index in [1.165, 1.54) is 4.31 Å². The summed E-state index contributed by atoms with van der Waals surface area (Å²) in [5, 5.41) is 9.08. The summed E-state index contributed by atoms with van der Waals surface area (Å²) >= 11 is 0. The normalized spacial score (nSPS) is 31.1. The molecule has 2 N–H and O–H groups in total. The third-order valence-corrected chi connectivity index (χ3v) is 4.89. The molecule has 0 bridgehead atoms. The van der Waals surface area contributed by atoms with E-state index in [4.69, 9.17) is 9.84 Å². The number of nitrogens with zero attached hydrogens (tertiary/aromatic N) is 1. The lowest BCUT2D eigenvalue weighted by molar-refractivity contribution is -0.139. The van der Waals surface area contributed by atoms with Crippen LogP contribution in [0.3, 0.4) is 0 Å². The molecule has 0 aromatic rings. The van der Waals surface area contributed by atoms with E-state index in [2.05, 4.69) is 4.72 Å². The van der Waals surface area contributed by atoms with E-state index in [9.17, 15) is 13.2 Å². The first-order valence-corrected chi connectivity index (χ1v) is 7.89. The topological polar surface area (TPSA) is 95.9 Å². The standard InChI is InChI=1S/C11H20N2O5S/c1-7-5-13(6-8(2)18-7)19(16,17)12-10(11(14)15)9-3-4-9/h7-10,12H,3-6H2,1-2H3,(H,14,15). The van der Waals surface area contributed by atoms with Gasteiger partial charge in [0.15, 0.2) is 0 Å². The third kappa shape index (κ3) is 3.65. The van der Waals surface area contributed by atoms with Crippen molar-refractivity contribution in [3.63, 3.8) is 0 Å². The van der Waals surface area contributed by atoms with Gasteiger partial charge in [-0.3, -0.25) is 4.79 Å². The minimum atomic E-state index is -3.78. The van der Waals surface area contributed by atoms with Crippen molar-refractivity contribution in [3.8, 4) is 0 Å². The van der Waals surface area contributed by atoms with Crippen LogP contribution in [0.4, 0.5) is 0 Å². The van der Waals surface area contributed by atoms with Gasteiger partial charge in [0.05, 0.1) is 12.2 Å². The molecule has 2 rings (SSSR count). The summed E-state index contributed by atoms with van der Waals surface area (Å²) in [6, 6.07) is -1.02. The summed E-state index contributed by atoms with van der Waals surface area (Å²) in [7, 11) is -3.78. The minimum absolute atomic E-state index is 0.0804. The minimum Gasteiger partial charge on any atom is -0.480 e. The number of hydrogen-bond donors (Lipinski definition) is 2. The fourth-order valence-electron chi connectivity index (χ4n) is 2.34. The fraction of sp³-hybridized carbons (Fsp3) is 0.909. The van der Waals surface area contributed by atoms with Crippen LogP contribution in [0.15, 0.2) is 0 Å². The molecule has 1 heterocycles. The van der Waals surface area contributed by atoms with E-state index in [1.807, 2.05) is 0 Å². The van der Waals surface area contributed by atoms with Crippen LogP contribution in [0.1, 0.15) is 26.7 Å². The second-order valence-corrected chi connectivity index (χ2v) is 7.05. The Hall–Kier alpha value is -0.700. The van der Waals surface area contributed by atoms with Crippen LogP contribution in [0.2, 0.25) is 0 Å². The Kier molecular flexibility index (Phi) is 4.14. The predicted molar refractivity (Wildman–Crippen MR) is 67.8 cm³/mol. The lowest BCUT2D eigenvalue weighted by Crippen LogP contribution is -2.55. The van der Waals surface area contributed by atoms with Gasteiger partial charge in [-0.05, 0) is 32.6 Å². The number of morpholine rings is 1. The molecule has 1 saturated carbocycles. The number of carboxylic acids is 1. The van der Waals surface area contributed by atoms with Crippen molar-refractivity contribution in [3.05, 3.63) is 0 Å². The molecular formula is C11H20N2O5S. The Morgan fingerprint density at radius 1 is 1.32 bits per heavy atom. The second-order valence-electron chi connectivity index (χ2n) is 5.35. The number of hydrogen-bond acceptors (Lipinski definition) is 4. The van der Waals surface area contributed by atoms with Crippen molar-refractivity contribution in [1.82, 2.24) is 9.03 Å². The smallest absolute Gasteiger partial charge is 0.322 e. The molecule has 2 fully saturated rings. The summed E-state index contributed by atoms with van der Waals surface area (Å²) in [6.07, 6.45) is 1.14. The zero-order valence-electron chi connectivity index (χ0n) is 11.1. The molecule has 3 unspecified atom stereocenters. The number of nitrogens with one attached hydrogen (secondary N) is 1. The zero-order chi connectivity index (χ0) is 14.2. The Bertz CT molecular complexity index is 438. The highest BCUT2D eigenvalue weighted by molar-refractivity contribution is 7.87. The molecule has 0 amide bonds. The van der Waals surface area contributed by atoms with Gasteiger partial charge < -0.3 is 9.84 Å². The molecule has 8 heteroatoms. The maximum Gasteiger partial charge on any atom is 0.322 e. The van der Waals surface area contributed by atoms with Gasteiger partial charge in [0.2, 0.25) is 0 Å². The molecule has 3 atom stereocenters. The monoisotopic (exact) mass is 292 g/mol. The Morgan fingerprint density at radius 2 is 1.84 bits per heavy atom. The lowest BCUT2D eigenvalue weighted by Gasteiger charge is -2.34. The molecule has 0 aromatic heterocycles. The first kappa shape index (κ1) is 14.7. The van der Waals surface area contributed by atoms with E-state index in [-0.39, 0.29) is 31.2 Å². The second kappa shape index (κ2) is 5.35. The van der Waals surface area contributed by atoms with Crippen molar-refractivity contribution < 1.29 is 23.1 Å².